The van der Waals surface area contributed by atoms with E-state index >= 15 is 0 Å². The van der Waals surface area contributed by atoms with Gasteiger partial charge in [0.2, 0.25) is 0 Å². The van der Waals surface area contributed by atoms with E-state index in [-0.39, 0.29) is 17.4 Å². The third-order valence-corrected chi connectivity index (χ3v) is 4.26. The Labute approximate surface area is 147 Å². The Morgan fingerprint density at radius 3 is 2.80 bits per heavy atom. The summed E-state index contributed by atoms with van der Waals surface area (Å²) in [5, 5.41) is 9.93. The largest absolute Gasteiger partial charge is 0.347 e. The van der Waals surface area contributed by atoms with Crippen LogP contribution in [-0.4, -0.2) is 31.7 Å². The molecule has 2 N–H and O–H groups in total. The van der Waals surface area contributed by atoms with Gasteiger partial charge < -0.3 is 9.88 Å². The Balaban J connectivity index is 1.78. The standard InChI is InChI=1S/C19H23N5O/c1-19(2,3)17(12-24-8-7-20-13-24)23-18(25)15-6-4-5-14(9-15)16-10-21-22-11-16/h4-11,13,17H,12H2,1-3H3,(H,21,22)(H,23,25)/t17-/m0/s1. The number of carbonyl (C=O) groups is 1. The number of benzene rings is 1. The molecule has 0 saturated heterocycles. The molecule has 0 aliphatic heterocycles. The number of H-pyrrole nitrogens is 1. The highest BCUT2D eigenvalue weighted by atomic mass is 16.1. The van der Waals surface area contributed by atoms with E-state index in [1.54, 1.807) is 18.7 Å². The van der Waals surface area contributed by atoms with Crippen LogP contribution in [0.25, 0.3) is 11.1 Å². The van der Waals surface area contributed by atoms with Gasteiger partial charge in [-0.1, -0.05) is 32.9 Å². The molecule has 1 atom stereocenters. The zero-order valence-corrected chi connectivity index (χ0v) is 14.7. The van der Waals surface area contributed by atoms with Crippen LogP contribution in [0.15, 0.2) is 55.4 Å². The van der Waals surface area contributed by atoms with Crippen LogP contribution in [0, 0.1) is 5.41 Å². The molecule has 130 valence electrons. The van der Waals surface area contributed by atoms with Crippen molar-refractivity contribution in [3.8, 4) is 11.1 Å². The zero-order valence-electron chi connectivity index (χ0n) is 14.7. The van der Waals surface area contributed by atoms with E-state index in [0.717, 1.165) is 11.1 Å². The lowest BCUT2D eigenvalue weighted by Gasteiger charge is -2.31. The number of hydrogen-bond acceptors (Lipinski definition) is 3. The predicted molar refractivity (Wildman–Crippen MR) is 97.0 cm³/mol. The van der Waals surface area contributed by atoms with Gasteiger partial charge in [-0.2, -0.15) is 5.10 Å². The minimum Gasteiger partial charge on any atom is -0.347 e. The van der Waals surface area contributed by atoms with Crippen molar-refractivity contribution in [1.29, 1.82) is 0 Å². The molecule has 3 rings (SSSR count). The lowest BCUT2D eigenvalue weighted by Crippen LogP contribution is -2.46. The van der Waals surface area contributed by atoms with Gasteiger partial charge in [-0.3, -0.25) is 9.89 Å². The second kappa shape index (κ2) is 6.93. The normalized spacial score (nSPS) is 12.8. The molecule has 1 aromatic carbocycles. The number of nitrogens with zero attached hydrogens (tertiary/aromatic N) is 3. The van der Waals surface area contributed by atoms with E-state index in [0.29, 0.717) is 12.1 Å². The quantitative estimate of drug-likeness (QED) is 0.751. The summed E-state index contributed by atoms with van der Waals surface area (Å²) in [6.45, 7) is 7.04. The molecule has 6 heteroatoms. The van der Waals surface area contributed by atoms with Crippen molar-refractivity contribution in [1.82, 2.24) is 25.1 Å². The maximum absolute atomic E-state index is 12.8. The summed E-state index contributed by atoms with van der Waals surface area (Å²) in [5.74, 6) is -0.0783. The topological polar surface area (TPSA) is 75.6 Å². The molecular formula is C19H23N5O. The van der Waals surface area contributed by atoms with Crippen molar-refractivity contribution in [3.05, 3.63) is 60.9 Å². The molecule has 0 aliphatic rings. The van der Waals surface area contributed by atoms with Crippen LogP contribution in [0.3, 0.4) is 0 Å². The minimum atomic E-state index is -0.0813. The van der Waals surface area contributed by atoms with E-state index in [1.165, 1.54) is 0 Å². The Morgan fingerprint density at radius 2 is 2.16 bits per heavy atom. The molecule has 0 radical (unpaired) electrons. The number of nitrogens with one attached hydrogen (secondary N) is 2. The monoisotopic (exact) mass is 337 g/mol. The first kappa shape index (κ1) is 17.0. The number of carbonyl (C=O) groups excluding carboxylic acids is 1. The molecule has 2 heterocycles. The average molecular weight is 337 g/mol. The number of amides is 1. The highest BCUT2D eigenvalue weighted by Crippen LogP contribution is 2.22. The van der Waals surface area contributed by atoms with Crippen LogP contribution in [-0.2, 0) is 6.54 Å². The van der Waals surface area contributed by atoms with E-state index in [4.69, 9.17) is 0 Å². The molecule has 1 amide bonds. The molecule has 0 spiro atoms. The molecule has 25 heavy (non-hydrogen) atoms. The van der Waals surface area contributed by atoms with Crippen molar-refractivity contribution in [2.75, 3.05) is 0 Å². The van der Waals surface area contributed by atoms with Crippen molar-refractivity contribution in [2.45, 2.75) is 33.4 Å². The van der Waals surface area contributed by atoms with Gasteiger partial charge in [-0.05, 0) is 23.1 Å². The maximum atomic E-state index is 12.8. The summed E-state index contributed by atoms with van der Waals surface area (Å²) < 4.78 is 1.98. The second-order valence-corrected chi connectivity index (χ2v) is 7.22. The molecule has 0 fully saturated rings. The van der Waals surface area contributed by atoms with Crippen LogP contribution in [0.5, 0.6) is 0 Å². The number of hydrogen-bond donors (Lipinski definition) is 2. The number of aromatic nitrogens is 4. The van der Waals surface area contributed by atoms with Gasteiger partial charge in [0, 0.05) is 36.3 Å². The third kappa shape index (κ3) is 4.15. The highest BCUT2D eigenvalue weighted by Gasteiger charge is 2.27. The lowest BCUT2D eigenvalue weighted by atomic mass is 9.86. The summed E-state index contributed by atoms with van der Waals surface area (Å²) in [4.78, 5) is 16.9. The zero-order chi connectivity index (χ0) is 17.9. The molecule has 2 aromatic heterocycles. The fraction of sp³-hybridized carbons (Fsp3) is 0.316. The Hall–Kier alpha value is -2.89. The first-order chi connectivity index (χ1) is 11.9. The molecule has 3 aromatic rings. The first-order valence-electron chi connectivity index (χ1n) is 8.29. The summed E-state index contributed by atoms with van der Waals surface area (Å²) in [7, 11) is 0. The number of imidazole rings is 1. The minimum absolute atomic E-state index is 0.0215. The Morgan fingerprint density at radius 1 is 1.32 bits per heavy atom. The van der Waals surface area contributed by atoms with Gasteiger partial charge in [0.1, 0.15) is 0 Å². The van der Waals surface area contributed by atoms with E-state index in [1.807, 2.05) is 41.2 Å². The maximum Gasteiger partial charge on any atom is 0.251 e. The second-order valence-electron chi connectivity index (χ2n) is 7.22. The van der Waals surface area contributed by atoms with Crippen molar-refractivity contribution < 1.29 is 4.79 Å². The van der Waals surface area contributed by atoms with Crippen LogP contribution >= 0.6 is 0 Å². The van der Waals surface area contributed by atoms with Gasteiger partial charge in [-0.25, -0.2) is 4.98 Å². The van der Waals surface area contributed by atoms with Crippen LogP contribution < -0.4 is 5.32 Å². The first-order valence-corrected chi connectivity index (χ1v) is 8.29. The van der Waals surface area contributed by atoms with Gasteiger partial charge in [0.25, 0.3) is 5.91 Å². The number of aromatic amines is 1. The lowest BCUT2D eigenvalue weighted by molar-refractivity contribution is 0.0892. The summed E-state index contributed by atoms with van der Waals surface area (Å²) in [6.07, 6.45) is 8.98. The fourth-order valence-corrected chi connectivity index (χ4v) is 2.63. The van der Waals surface area contributed by atoms with Gasteiger partial charge >= 0.3 is 0 Å². The van der Waals surface area contributed by atoms with E-state index in [2.05, 4.69) is 41.3 Å². The van der Waals surface area contributed by atoms with Crippen LogP contribution in [0.1, 0.15) is 31.1 Å². The molecule has 0 saturated carbocycles. The van der Waals surface area contributed by atoms with Gasteiger partial charge in [-0.15, -0.1) is 0 Å². The predicted octanol–water partition coefficient (Wildman–Crippen LogP) is 3.12. The van der Waals surface area contributed by atoms with E-state index in [9.17, 15) is 4.79 Å². The van der Waals surface area contributed by atoms with Crippen molar-refractivity contribution >= 4 is 5.91 Å². The average Bonchev–Trinajstić information content (AvgIpc) is 3.27. The van der Waals surface area contributed by atoms with Gasteiger partial charge in [0.05, 0.1) is 18.6 Å². The Kier molecular flexibility index (Phi) is 4.70. The Bertz CT molecular complexity index is 816. The number of rotatable bonds is 5. The summed E-state index contributed by atoms with van der Waals surface area (Å²) >= 11 is 0. The SMILES string of the molecule is CC(C)(C)[C@H](Cn1ccnc1)NC(=O)c1cccc(-c2cn[nH]c2)c1. The summed E-state index contributed by atoms with van der Waals surface area (Å²) in [6, 6.07) is 7.55. The fourth-order valence-electron chi connectivity index (χ4n) is 2.63. The van der Waals surface area contributed by atoms with Crippen LogP contribution in [0.2, 0.25) is 0 Å². The third-order valence-electron chi connectivity index (χ3n) is 4.26. The molecule has 0 bridgehead atoms. The molecular weight excluding hydrogens is 314 g/mol. The summed E-state index contributed by atoms with van der Waals surface area (Å²) in [5.41, 5.74) is 2.48. The van der Waals surface area contributed by atoms with Crippen molar-refractivity contribution in [2.24, 2.45) is 5.41 Å². The molecule has 0 unspecified atom stereocenters. The smallest absolute Gasteiger partial charge is 0.251 e. The van der Waals surface area contributed by atoms with Gasteiger partial charge in [0.15, 0.2) is 0 Å². The van der Waals surface area contributed by atoms with E-state index < -0.39 is 0 Å². The highest BCUT2D eigenvalue weighted by molar-refractivity contribution is 5.95. The molecule has 6 nitrogen and oxygen atoms in total. The van der Waals surface area contributed by atoms with Crippen LogP contribution in [0.4, 0.5) is 0 Å². The van der Waals surface area contributed by atoms with Crippen molar-refractivity contribution in [3.63, 3.8) is 0 Å². The molecule has 0 aliphatic carbocycles.